The molecule has 1 N–H and O–H groups in total. The number of hydrogen-bond acceptors (Lipinski definition) is 7. The maximum absolute atomic E-state index is 12.6. The van der Waals surface area contributed by atoms with Crippen molar-refractivity contribution in [1.29, 1.82) is 0 Å². The number of benzene rings is 1. The SMILES string of the molecule is Cc1onc(-c2ccccc2)c1C(=O)OCc1nc2ccsc2c(=O)[nH]1. The maximum atomic E-state index is 12.6. The Morgan fingerprint density at radius 2 is 2.08 bits per heavy atom. The molecule has 3 aromatic heterocycles. The first-order valence-electron chi connectivity index (χ1n) is 7.78. The molecule has 0 saturated heterocycles. The van der Waals surface area contributed by atoms with Crippen LogP contribution < -0.4 is 5.56 Å². The summed E-state index contributed by atoms with van der Waals surface area (Å²) in [5.41, 5.74) is 1.76. The molecule has 0 unspecified atom stereocenters. The van der Waals surface area contributed by atoms with E-state index in [0.717, 1.165) is 5.56 Å². The zero-order valence-electron chi connectivity index (χ0n) is 13.7. The summed E-state index contributed by atoms with van der Waals surface area (Å²) in [4.78, 5) is 31.4. The molecule has 130 valence electrons. The predicted octanol–water partition coefficient (Wildman–Crippen LogP) is 3.31. The van der Waals surface area contributed by atoms with Crippen molar-refractivity contribution in [3.8, 4) is 11.3 Å². The smallest absolute Gasteiger partial charge is 0.344 e. The number of aromatic amines is 1. The highest BCUT2D eigenvalue weighted by Gasteiger charge is 2.23. The largest absolute Gasteiger partial charge is 0.454 e. The van der Waals surface area contributed by atoms with Crippen molar-refractivity contribution in [1.82, 2.24) is 15.1 Å². The molecule has 0 amide bonds. The lowest BCUT2D eigenvalue weighted by Gasteiger charge is -2.05. The van der Waals surface area contributed by atoms with Gasteiger partial charge in [-0.3, -0.25) is 4.79 Å². The highest BCUT2D eigenvalue weighted by Crippen LogP contribution is 2.26. The Morgan fingerprint density at radius 1 is 1.27 bits per heavy atom. The third kappa shape index (κ3) is 2.91. The Labute approximate surface area is 151 Å². The number of esters is 1. The van der Waals surface area contributed by atoms with Crippen LogP contribution >= 0.6 is 11.3 Å². The molecule has 0 fully saturated rings. The molecule has 8 heteroatoms. The van der Waals surface area contributed by atoms with Crippen LogP contribution in [0, 0.1) is 6.92 Å². The number of aryl methyl sites for hydroxylation is 1. The summed E-state index contributed by atoms with van der Waals surface area (Å²) in [5, 5.41) is 5.75. The van der Waals surface area contributed by atoms with Crippen LogP contribution in [0.3, 0.4) is 0 Å². The lowest BCUT2D eigenvalue weighted by molar-refractivity contribution is 0.0461. The van der Waals surface area contributed by atoms with Gasteiger partial charge in [0.25, 0.3) is 5.56 Å². The van der Waals surface area contributed by atoms with Crippen molar-refractivity contribution in [3.63, 3.8) is 0 Å². The van der Waals surface area contributed by atoms with Gasteiger partial charge in [0.05, 0.1) is 5.52 Å². The quantitative estimate of drug-likeness (QED) is 0.556. The summed E-state index contributed by atoms with van der Waals surface area (Å²) in [7, 11) is 0. The first kappa shape index (κ1) is 16.2. The number of nitrogens with one attached hydrogen (secondary N) is 1. The molecule has 0 bridgehead atoms. The van der Waals surface area contributed by atoms with Gasteiger partial charge in [0, 0.05) is 5.56 Å². The van der Waals surface area contributed by atoms with Crippen LogP contribution in [0.2, 0.25) is 0 Å². The Hall–Kier alpha value is -3.26. The standard InChI is InChI=1S/C18H13N3O4S/c1-10-14(15(21-25-10)11-5-3-2-4-6-11)18(23)24-9-13-19-12-7-8-26-16(12)17(22)20-13/h2-8H,9H2,1H3,(H,19,20,22). The summed E-state index contributed by atoms with van der Waals surface area (Å²) < 4.78 is 11.0. The number of hydrogen-bond donors (Lipinski definition) is 1. The lowest BCUT2D eigenvalue weighted by atomic mass is 10.1. The Balaban J connectivity index is 1.59. The zero-order chi connectivity index (χ0) is 18.1. The molecule has 0 aliphatic rings. The number of carbonyl (C=O) groups excluding carboxylic acids is 1. The zero-order valence-corrected chi connectivity index (χ0v) is 14.5. The van der Waals surface area contributed by atoms with E-state index in [0.29, 0.717) is 21.7 Å². The van der Waals surface area contributed by atoms with Gasteiger partial charge in [-0.05, 0) is 18.4 Å². The number of fused-ring (bicyclic) bond motifs is 1. The molecule has 4 aromatic rings. The number of H-pyrrole nitrogens is 1. The molecule has 7 nitrogen and oxygen atoms in total. The van der Waals surface area contributed by atoms with E-state index in [9.17, 15) is 9.59 Å². The van der Waals surface area contributed by atoms with Gasteiger partial charge in [0.15, 0.2) is 0 Å². The molecule has 26 heavy (non-hydrogen) atoms. The van der Waals surface area contributed by atoms with Gasteiger partial charge < -0.3 is 14.2 Å². The molecule has 0 aliphatic heterocycles. The minimum atomic E-state index is -0.587. The second kappa shape index (κ2) is 6.57. The summed E-state index contributed by atoms with van der Waals surface area (Å²) >= 11 is 1.31. The number of carbonyl (C=O) groups is 1. The fourth-order valence-electron chi connectivity index (χ4n) is 2.60. The maximum Gasteiger partial charge on any atom is 0.344 e. The van der Waals surface area contributed by atoms with E-state index in [4.69, 9.17) is 9.26 Å². The number of thiophene rings is 1. The van der Waals surface area contributed by atoms with Gasteiger partial charge in [0.2, 0.25) is 0 Å². The molecule has 0 spiro atoms. The van der Waals surface area contributed by atoms with Crippen molar-refractivity contribution in [2.45, 2.75) is 13.5 Å². The van der Waals surface area contributed by atoms with Crippen LogP contribution in [0.1, 0.15) is 21.9 Å². The second-order valence-electron chi connectivity index (χ2n) is 5.55. The van der Waals surface area contributed by atoms with Gasteiger partial charge in [-0.15, -0.1) is 11.3 Å². The van der Waals surface area contributed by atoms with Crippen LogP contribution in [0.4, 0.5) is 0 Å². The molecule has 3 heterocycles. The lowest BCUT2D eigenvalue weighted by Crippen LogP contribution is -2.14. The average molecular weight is 367 g/mol. The van der Waals surface area contributed by atoms with E-state index in [-0.39, 0.29) is 23.6 Å². The normalized spacial score (nSPS) is 11.0. The topological polar surface area (TPSA) is 98.1 Å². The van der Waals surface area contributed by atoms with E-state index in [2.05, 4.69) is 15.1 Å². The van der Waals surface area contributed by atoms with Crippen LogP contribution in [-0.2, 0) is 11.3 Å². The Kier molecular flexibility index (Phi) is 4.10. The number of nitrogens with zero attached hydrogens (tertiary/aromatic N) is 2. The fourth-order valence-corrected chi connectivity index (χ4v) is 3.33. The molecule has 1 aromatic carbocycles. The van der Waals surface area contributed by atoms with Crippen molar-refractivity contribution < 1.29 is 14.1 Å². The van der Waals surface area contributed by atoms with Gasteiger partial charge >= 0.3 is 5.97 Å². The third-order valence-corrected chi connectivity index (χ3v) is 4.72. The van der Waals surface area contributed by atoms with E-state index in [1.165, 1.54) is 11.3 Å². The van der Waals surface area contributed by atoms with E-state index < -0.39 is 5.97 Å². The summed E-state index contributed by atoms with van der Waals surface area (Å²) in [6.07, 6.45) is 0. The van der Waals surface area contributed by atoms with Gasteiger partial charge in [-0.2, -0.15) is 0 Å². The number of aromatic nitrogens is 3. The van der Waals surface area contributed by atoms with Crippen molar-refractivity contribution in [3.05, 3.63) is 69.3 Å². The van der Waals surface area contributed by atoms with Crippen LogP contribution in [0.25, 0.3) is 21.5 Å². The van der Waals surface area contributed by atoms with E-state index >= 15 is 0 Å². The highest BCUT2D eigenvalue weighted by atomic mass is 32.1. The average Bonchev–Trinajstić information content (AvgIpc) is 3.27. The highest BCUT2D eigenvalue weighted by molar-refractivity contribution is 7.17. The summed E-state index contributed by atoms with van der Waals surface area (Å²) in [6, 6.07) is 11.0. The number of ether oxygens (including phenoxy) is 1. The van der Waals surface area contributed by atoms with Crippen molar-refractivity contribution >= 4 is 27.5 Å². The van der Waals surface area contributed by atoms with Crippen molar-refractivity contribution in [2.75, 3.05) is 0 Å². The minimum absolute atomic E-state index is 0.154. The molecular weight excluding hydrogens is 354 g/mol. The van der Waals surface area contributed by atoms with Gasteiger partial charge in [0.1, 0.15) is 34.1 Å². The van der Waals surface area contributed by atoms with Gasteiger partial charge in [-0.25, -0.2) is 9.78 Å². The first-order chi connectivity index (χ1) is 12.6. The third-order valence-electron chi connectivity index (χ3n) is 3.82. The molecule has 0 atom stereocenters. The Bertz CT molecular complexity index is 1140. The van der Waals surface area contributed by atoms with Gasteiger partial charge in [-0.1, -0.05) is 35.5 Å². The van der Waals surface area contributed by atoms with Crippen LogP contribution in [0.5, 0.6) is 0 Å². The minimum Gasteiger partial charge on any atom is -0.454 e. The number of rotatable bonds is 4. The molecule has 0 aliphatic carbocycles. The molecular formula is C18H13N3O4S. The second-order valence-corrected chi connectivity index (χ2v) is 6.47. The molecule has 0 saturated carbocycles. The van der Waals surface area contributed by atoms with Crippen LogP contribution in [-0.4, -0.2) is 21.1 Å². The monoisotopic (exact) mass is 367 g/mol. The summed E-state index contributed by atoms with van der Waals surface area (Å²) in [5.74, 6) is 0.0591. The molecule has 4 rings (SSSR count). The van der Waals surface area contributed by atoms with Crippen molar-refractivity contribution in [2.24, 2.45) is 0 Å². The van der Waals surface area contributed by atoms with E-state index in [1.807, 2.05) is 30.3 Å². The Morgan fingerprint density at radius 3 is 2.88 bits per heavy atom. The fraction of sp³-hybridized carbons (Fsp3) is 0.111. The van der Waals surface area contributed by atoms with Crippen LogP contribution in [0.15, 0.2) is 51.1 Å². The van der Waals surface area contributed by atoms with E-state index in [1.54, 1.807) is 18.4 Å². The molecule has 0 radical (unpaired) electrons. The summed E-state index contributed by atoms with van der Waals surface area (Å²) in [6.45, 7) is 1.49. The predicted molar refractivity (Wildman–Crippen MR) is 96.0 cm³/mol. The first-order valence-corrected chi connectivity index (χ1v) is 8.66.